The van der Waals surface area contributed by atoms with E-state index in [0.29, 0.717) is 19.6 Å². The zero-order chi connectivity index (χ0) is 19.1. The minimum absolute atomic E-state index is 0.298. The van der Waals surface area contributed by atoms with Gasteiger partial charge in [0.1, 0.15) is 0 Å². The fourth-order valence-corrected chi connectivity index (χ4v) is 4.19. The first-order valence-corrected chi connectivity index (χ1v) is 13.9. The van der Waals surface area contributed by atoms with Crippen molar-refractivity contribution >= 4 is 20.0 Å². The predicted molar refractivity (Wildman–Crippen MR) is 106 cm³/mol. The number of carbonyl (C=O) groups is 2. The lowest BCUT2D eigenvalue weighted by Gasteiger charge is -2.15. The van der Waals surface area contributed by atoms with Gasteiger partial charge in [0.25, 0.3) is 0 Å². The Labute approximate surface area is 156 Å². The van der Waals surface area contributed by atoms with Crippen LogP contribution >= 0.6 is 0 Å². The minimum Gasteiger partial charge on any atom is -0.465 e. The normalized spacial score (nSPS) is 11.6. The number of hydrogen-bond acceptors (Lipinski definition) is 4. The van der Waals surface area contributed by atoms with Crippen LogP contribution in [0.1, 0.15) is 71.6 Å². The summed E-state index contributed by atoms with van der Waals surface area (Å²) in [6.45, 7) is 11.4. The van der Waals surface area contributed by atoms with Gasteiger partial charge in [-0.05, 0) is 20.3 Å². The minimum atomic E-state index is -0.861. The van der Waals surface area contributed by atoms with Gasteiger partial charge in [-0.15, -0.1) is 0 Å². The van der Waals surface area contributed by atoms with Gasteiger partial charge in [-0.25, -0.2) is 0 Å². The molecule has 0 heterocycles. The Morgan fingerprint density at radius 2 is 1.12 bits per heavy atom. The van der Waals surface area contributed by atoms with E-state index in [9.17, 15) is 9.59 Å². The third-order valence-electron chi connectivity index (χ3n) is 4.31. The second-order valence-corrected chi connectivity index (χ2v) is 13.6. The molecule has 0 rings (SSSR count). The molecule has 0 aliphatic carbocycles. The molecule has 25 heavy (non-hydrogen) atoms. The summed E-state index contributed by atoms with van der Waals surface area (Å²) in [5.41, 5.74) is 0. The van der Waals surface area contributed by atoms with E-state index in [2.05, 4.69) is 19.6 Å². The maximum absolute atomic E-state index is 11.9. The summed E-state index contributed by atoms with van der Waals surface area (Å²) < 4.78 is 9.98. The van der Waals surface area contributed by atoms with Crippen LogP contribution in [-0.2, 0) is 19.1 Å². The van der Waals surface area contributed by atoms with Crippen molar-refractivity contribution in [3.63, 3.8) is 0 Å². The first kappa shape index (κ1) is 24.2. The molecule has 0 bridgehead atoms. The van der Waals surface area contributed by atoms with E-state index in [1.807, 2.05) is 0 Å². The van der Waals surface area contributed by atoms with Crippen molar-refractivity contribution in [3.05, 3.63) is 0 Å². The molecule has 148 valence electrons. The molecule has 4 nitrogen and oxygen atoms in total. The number of ether oxygens (including phenoxy) is 2. The summed E-state index contributed by atoms with van der Waals surface area (Å²) in [6.07, 6.45) is 10.3. The molecule has 0 aromatic heterocycles. The fraction of sp³-hybridized carbons (Fsp3) is 0.900. The van der Waals surface area contributed by atoms with Gasteiger partial charge in [0, 0.05) is 8.07 Å². The summed E-state index contributed by atoms with van der Waals surface area (Å²) in [5.74, 6) is -1.63. The van der Waals surface area contributed by atoms with Crippen molar-refractivity contribution < 1.29 is 19.1 Å². The van der Waals surface area contributed by atoms with Crippen LogP contribution in [0.4, 0.5) is 0 Å². The molecule has 0 spiro atoms. The molecule has 0 saturated heterocycles. The molecule has 0 amide bonds. The average molecular weight is 373 g/mol. The van der Waals surface area contributed by atoms with Gasteiger partial charge in [-0.3, -0.25) is 9.59 Å². The summed E-state index contributed by atoms with van der Waals surface area (Å²) in [5, 5.41) is 0. The SMILES string of the molecule is CCOC(=O)C(CCCCCCCCCC[Si](C)(C)C)C(=O)OCC. The number of carbonyl (C=O) groups excluding carboxylic acids is 2. The number of hydrogen-bond donors (Lipinski definition) is 0. The lowest BCUT2D eigenvalue weighted by Crippen LogP contribution is -2.28. The van der Waals surface area contributed by atoms with E-state index in [1.165, 1.54) is 44.6 Å². The molecule has 0 saturated carbocycles. The third kappa shape index (κ3) is 14.1. The van der Waals surface area contributed by atoms with Crippen molar-refractivity contribution in [1.29, 1.82) is 0 Å². The second kappa shape index (κ2) is 14.3. The van der Waals surface area contributed by atoms with E-state index < -0.39 is 25.9 Å². The van der Waals surface area contributed by atoms with Crippen LogP contribution in [0.5, 0.6) is 0 Å². The molecular formula is C20H40O4Si. The molecule has 0 aromatic rings. The quantitative estimate of drug-likeness (QED) is 0.163. The van der Waals surface area contributed by atoms with Crippen LogP contribution < -0.4 is 0 Å². The standard InChI is InChI=1S/C20H40O4Si/c1-6-23-19(21)18(20(22)24-7-2)16-14-12-10-8-9-11-13-15-17-25(3,4)5/h18H,6-17H2,1-5H3. The van der Waals surface area contributed by atoms with E-state index in [1.54, 1.807) is 13.8 Å². The molecular weight excluding hydrogens is 332 g/mol. The summed E-state index contributed by atoms with van der Waals surface area (Å²) in [6, 6.07) is 1.44. The van der Waals surface area contributed by atoms with Gasteiger partial charge in [-0.2, -0.15) is 0 Å². The third-order valence-corrected chi connectivity index (χ3v) is 6.17. The molecule has 0 fully saturated rings. The average Bonchev–Trinajstić information content (AvgIpc) is 2.52. The Bertz CT molecular complexity index is 345. The van der Waals surface area contributed by atoms with Crippen molar-refractivity contribution in [3.8, 4) is 0 Å². The topological polar surface area (TPSA) is 52.6 Å². The van der Waals surface area contributed by atoms with Gasteiger partial charge >= 0.3 is 11.9 Å². The van der Waals surface area contributed by atoms with Gasteiger partial charge in [0.05, 0.1) is 13.2 Å². The lowest BCUT2D eigenvalue weighted by atomic mass is 10.00. The zero-order valence-electron chi connectivity index (χ0n) is 17.2. The molecule has 0 N–H and O–H groups in total. The second-order valence-electron chi connectivity index (χ2n) is 7.98. The molecule has 0 aliphatic rings. The monoisotopic (exact) mass is 372 g/mol. The molecule has 0 aromatic carbocycles. The van der Waals surface area contributed by atoms with Gasteiger partial charge in [0.2, 0.25) is 0 Å². The van der Waals surface area contributed by atoms with Crippen LogP contribution in [-0.4, -0.2) is 33.2 Å². The first-order valence-electron chi connectivity index (χ1n) is 10.1. The van der Waals surface area contributed by atoms with E-state index in [-0.39, 0.29) is 0 Å². The number of esters is 2. The van der Waals surface area contributed by atoms with Crippen LogP contribution in [0.2, 0.25) is 25.7 Å². The summed E-state index contributed by atoms with van der Waals surface area (Å²) in [7, 11) is -0.861. The highest BCUT2D eigenvalue weighted by atomic mass is 28.3. The fourth-order valence-electron chi connectivity index (χ4n) is 2.88. The van der Waals surface area contributed by atoms with Crippen molar-refractivity contribution in [1.82, 2.24) is 0 Å². The highest BCUT2D eigenvalue weighted by Crippen LogP contribution is 2.18. The first-order chi connectivity index (χ1) is 11.8. The highest BCUT2D eigenvalue weighted by Gasteiger charge is 2.28. The maximum Gasteiger partial charge on any atom is 0.320 e. The van der Waals surface area contributed by atoms with Gasteiger partial charge < -0.3 is 9.47 Å². The summed E-state index contributed by atoms with van der Waals surface area (Å²) in [4.78, 5) is 23.8. The highest BCUT2D eigenvalue weighted by molar-refractivity contribution is 6.76. The Morgan fingerprint density at radius 1 is 0.720 bits per heavy atom. The smallest absolute Gasteiger partial charge is 0.320 e. The van der Waals surface area contributed by atoms with Gasteiger partial charge in [-0.1, -0.05) is 77.1 Å². The van der Waals surface area contributed by atoms with Crippen LogP contribution in [0.3, 0.4) is 0 Å². The summed E-state index contributed by atoms with van der Waals surface area (Å²) >= 11 is 0. The Hall–Kier alpha value is -0.843. The lowest BCUT2D eigenvalue weighted by molar-refractivity contribution is -0.161. The zero-order valence-corrected chi connectivity index (χ0v) is 18.2. The van der Waals surface area contributed by atoms with Gasteiger partial charge in [0.15, 0.2) is 5.92 Å². The predicted octanol–water partition coefficient (Wildman–Crippen LogP) is 5.58. The van der Waals surface area contributed by atoms with Crippen LogP contribution in [0.15, 0.2) is 0 Å². The number of rotatable bonds is 15. The molecule has 0 aliphatic heterocycles. The van der Waals surface area contributed by atoms with Crippen molar-refractivity contribution in [2.24, 2.45) is 5.92 Å². The van der Waals surface area contributed by atoms with Crippen LogP contribution in [0, 0.1) is 5.92 Å². The Kier molecular flexibility index (Phi) is 13.9. The largest absolute Gasteiger partial charge is 0.465 e. The van der Waals surface area contributed by atoms with Crippen LogP contribution in [0.25, 0.3) is 0 Å². The molecule has 5 heteroatoms. The Morgan fingerprint density at radius 3 is 1.52 bits per heavy atom. The maximum atomic E-state index is 11.9. The Balaban J connectivity index is 3.77. The number of unbranched alkanes of at least 4 members (excludes halogenated alkanes) is 7. The van der Waals surface area contributed by atoms with E-state index in [0.717, 1.165) is 12.8 Å². The molecule has 0 radical (unpaired) electrons. The van der Waals surface area contributed by atoms with E-state index in [4.69, 9.17) is 9.47 Å². The molecule has 0 unspecified atom stereocenters. The van der Waals surface area contributed by atoms with E-state index >= 15 is 0 Å². The van der Waals surface area contributed by atoms with Crippen molar-refractivity contribution in [2.45, 2.75) is 97.3 Å². The van der Waals surface area contributed by atoms with Crippen molar-refractivity contribution in [2.75, 3.05) is 13.2 Å². The molecule has 0 atom stereocenters.